The summed E-state index contributed by atoms with van der Waals surface area (Å²) in [5, 5.41) is 14.0. The lowest BCUT2D eigenvalue weighted by Gasteiger charge is -2.04. The van der Waals surface area contributed by atoms with E-state index in [1.54, 1.807) is 0 Å². The summed E-state index contributed by atoms with van der Waals surface area (Å²) in [5.41, 5.74) is 1.70. The lowest BCUT2D eigenvalue weighted by atomic mass is 10.0. The predicted octanol–water partition coefficient (Wildman–Crippen LogP) is 3.23. The van der Waals surface area contributed by atoms with Gasteiger partial charge in [-0.1, -0.05) is 5.57 Å². The number of allylic oxidation sites excluding steroid dienone is 1. The first-order chi connectivity index (χ1) is 10.8. The molecule has 1 aliphatic heterocycles. The first-order valence-electron chi connectivity index (χ1n) is 7.64. The van der Waals surface area contributed by atoms with E-state index in [4.69, 9.17) is 4.74 Å². The molecular weight excluding hydrogens is 296 g/mol. The summed E-state index contributed by atoms with van der Waals surface area (Å²) in [5.74, 6) is -0.478. The second-order valence-corrected chi connectivity index (χ2v) is 6.41. The van der Waals surface area contributed by atoms with E-state index in [0.717, 1.165) is 12.8 Å². The molecule has 0 spiro atoms. The van der Waals surface area contributed by atoms with Crippen molar-refractivity contribution in [1.29, 1.82) is 0 Å². The van der Waals surface area contributed by atoms with Crippen LogP contribution in [0.25, 0.3) is 0 Å². The fourth-order valence-corrected chi connectivity index (χ4v) is 2.38. The van der Waals surface area contributed by atoms with Crippen molar-refractivity contribution < 1.29 is 14.5 Å². The minimum Gasteiger partial charge on any atom is -0.458 e. The summed E-state index contributed by atoms with van der Waals surface area (Å²) in [6.45, 7) is 6.60. The molecule has 1 aromatic rings. The van der Waals surface area contributed by atoms with Gasteiger partial charge >= 0.3 is 5.97 Å². The molecule has 1 fully saturated rings. The maximum atomic E-state index is 11.8. The molecule has 124 valence electrons. The molecule has 2 rings (SSSR count). The molecule has 23 heavy (non-hydrogen) atoms. The molecule has 1 saturated heterocycles. The molecule has 1 aliphatic rings. The summed E-state index contributed by atoms with van der Waals surface area (Å²) < 4.78 is 5.16. The molecule has 1 aromatic carbocycles. The number of nitro groups is 1. The minimum atomic E-state index is -0.503. The Hall–Kier alpha value is -2.21. The number of nitrogens with one attached hydrogen (secondary N) is 1. The fraction of sp³-hybridized carbons (Fsp3) is 0.471. The third-order valence-electron chi connectivity index (χ3n) is 4.12. The Bertz CT molecular complexity index is 620. The monoisotopic (exact) mass is 318 g/mol. The van der Waals surface area contributed by atoms with Gasteiger partial charge in [0, 0.05) is 23.7 Å². The number of rotatable bonds is 7. The van der Waals surface area contributed by atoms with E-state index >= 15 is 0 Å². The standard InChI is InChI=1S/C17H22N2O4/c1-12(4-9-15-17(2,3)18-15)10-11-23-16(20)13-5-7-14(8-6-13)19(21)22/h5-8,10,15,18H,4,9,11H2,1-3H3/b12-10+. The molecule has 0 amide bonds. The quantitative estimate of drug-likeness (QED) is 0.274. The largest absolute Gasteiger partial charge is 0.458 e. The molecule has 0 aromatic heterocycles. The molecule has 0 saturated carbocycles. The lowest BCUT2D eigenvalue weighted by Crippen LogP contribution is -2.06. The van der Waals surface area contributed by atoms with E-state index in [9.17, 15) is 14.9 Å². The van der Waals surface area contributed by atoms with Crippen LogP contribution in [-0.2, 0) is 4.74 Å². The highest BCUT2D eigenvalue weighted by atomic mass is 16.6. The summed E-state index contributed by atoms with van der Waals surface area (Å²) in [6, 6.07) is 5.95. The normalized spacial score (nSPS) is 19.3. The van der Waals surface area contributed by atoms with Crippen molar-refractivity contribution >= 4 is 11.7 Å². The second-order valence-electron chi connectivity index (χ2n) is 6.41. The van der Waals surface area contributed by atoms with Crippen LogP contribution in [0, 0.1) is 10.1 Å². The minimum absolute atomic E-state index is 0.0473. The maximum Gasteiger partial charge on any atom is 0.338 e. The number of non-ortho nitro benzene ring substituents is 1. The molecule has 1 atom stereocenters. The molecular formula is C17H22N2O4. The highest BCUT2D eigenvalue weighted by molar-refractivity contribution is 5.89. The Balaban J connectivity index is 1.75. The van der Waals surface area contributed by atoms with Crippen LogP contribution in [-0.4, -0.2) is 29.1 Å². The third-order valence-corrected chi connectivity index (χ3v) is 4.12. The highest BCUT2D eigenvalue weighted by Gasteiger charge is 2.43. The van der Waals surface area contributed by atoms with Crippen molar-refractivity contribution in [2.75, 3.05) is 6.61 Å². The van der Waals surface area contributed by atoms with E-state index < -0.39 is 10.9 Å². The molecule has 6 heteroatoms. The average Bonchev–Trinajstić information content (AvgIpc) is 3.12. The molecule has 1 heterocycles. The zero-order valence-corrected chi connectivity index (χ0v) is 13.7. The van der Waals surface area contributed by atoms with Crippen LogP contribution in [0.2, 0.25) is 0 Å². The smallest absolute Gasteiger partial charge is 0.338 e. The molecule has 1 N–H and O–H groups in total. The summed E-state index contributed by atoms with van der Waals surface area (Å²) >= 11 is 0. The number of ether oxygens (including phenoxy) is 1. The van der Waals surface area contributed by atoms with E-state index in [0.29, 0.717) is 11.6 Å². The number of benzene rings is 1. The van der Waals surface area contributed by atoms with Gasteiger partial charge in [-0.2, -0.15) is 0 Å². The Labute approximate surface area is 135 Å². The van der Waals surface area contributed by atoms with Crippen LogP contribution in [0.5, 0.6) is 0 Å². The first kappa shape index (κ1) is 17.1. The Morgan fingerprint density at radius 2 is 2.00 bits per heavy atom. The molecule has 0 bridgehead atoms. The summed E-state index contributed by atoms with van der Waals surface area (Å²) in [7, 11) is 0. The van der Waals surface area contributed by atoms with E-state index in [1.807, 2.05) is 13.0 Å². The number of carbonyl (C=O) groups excluding carboxylic acids is 1. The maximum absolute atomic E-state index is 11.8. The van der Waals surface area contributed by atoms with Crippen LogP contribution in [0.1, 0.15) is 44.0 Å². The van der Waals surface area contributed by atoms with Gasteiger partial charge in [-0.25, -0.2) is 4.79 Å². The van der Waals surface area contributed by atoms with Gasteiger partial charge in [0.2, 0.25) is 0 Å². The zero-order chi connectivity index (χ0) is 17.0. The number of nitrogens with zero attached hydrogens (tertiary/aromatic N) is 1. The Morgan fingerprint density at radius 1 is 1.39 bits per heavy atom. The summed E-state index contributed by atoms with van der Waals surface area (Å²) in [6.07, 6.45) is 3.94. The Morgan fingerprint density at radius 3 is 2.52 bits per heavy atom. The van der Waals surface area contributed by atoms with Gasteiger partial charge in [0.05, 0.1) is 10.5 Å². The topological polar surface area (TPSA) is 91.4 Å². The second kappa shape index (κ2) is 6.91. The van der Waals surface area contributed by atoms with Crippen LogP contribution < -0.4 is 5.32 Å². The van der Waals surface area contributed by atoms with Crippen LogP contribution in [0.15, 0.2) is 35.9 Å². The van der Waals surface area contributed by atoms with Crippen molar-refractivity contribution in [2.45, 2.75) is 45.2 Å². The van der Waals surface area contributed by atoms with Gasteiger partial charge in [-0.05, 0) is 51.8 Å². The summed E-state index contributed by atoms with van der Waals surface area (Å²) in [4.78, 5) is 21.9. The van der Waals surface area contributed by atoms with Crippen LogP contribution in [0.3, 0.4) is 0 Å². The van der Waals surface area contributed by atoms with Gasteiger partial charge < -0.3 is 10.1 Å². The third kappa shape index (κ3) is 4.89. The number of hydrogen-bond acceptors (Lipinski definition) is 5. The van der Waals surface area contributed by atoms with Gasteiger partial charge in [-0.3, -0.25) is 10.1 Å². The highest BCUT2D eigenvalue weighted by Crippen LogP contribution is 2.29. The van der Waals surface area contributed by atoms with Gasteiger partial charge in [0.15, 0.2) is 0 Å². The average molecular weight is 318 g/mol. The van der Waals surface area contributed by atoms with Crippen LogP contribution >= 0.6 is 0 Å². The SMILES string of the molecule is C/C(=C\COC(=O)c1ccc([N+](=O)[O-])cc1)CCC1NC1(C)C. The van der Waals surface area contributed by atoms with Gasteiger partial charge in [0.1, 0.15) is 6.61 Å². The van der Waals surface area contributed by atoms with Crippen molar-refractivity contribution in [1.82, 2.24) is 5.32 Å². The van der Waals surface area contributed by atoms with Crippen molar-refractivity contribution in [3.8, 4) is 0 Å². The van der Waals surface area contributed by atoms with E-state index in [1.165, 1.54) is 29.8 Å². The molecule has 6 nitrogen and oxygen atoms in total. The van der Waals surface area contributed by atoms with Crippen LogP contribution in [0.4, 0.5) is 5.69 Å². The van der Waals surface area contributed by atoms with Crippen molar-refractivity contribution in [2.24, 2.45) is 0 Å². The molecule has 1 unspecified atom stereocenters. The number of hydrogen-bond donors (Lipinski definition) is 1. The molecule has 0 aliphatic carbocycles. The van der Waals surface area contributed by atoms with Gasteiger partial charge in [0.25, 0.3) is 5.69 Å². The number of nitro benzene ring substituents is 1. The fourth-order valence-electron chi connectivity index (χ4n) is 2.38. The van der Waals surface area contributed by atoms with E-state index in [-0.39, 0.29) is 17.8 Å². The van der Waals surface area contributed by atoms with Crippen molar-refractivity contribution in [3.05, 3.63) is 51.6 Å². The van der Waals surface area contributed by atoms with Gasteiger partial charge in [-0.15, -0.1) is 0 Å². The Kier molecular flexibility index (Phi) is 5.15. The predicted molar refractivity (Wildman–Crippen MR) is 87.4 cm³/mol. The first-order valence-corrected chi connectivity index (χ1v) is 7.64. The number of esters is 1. The molecule has 0 radical (unpaired) electrons. The van der Waals surface area contributed by atoms with E-state index in [2.05, 4.69) is 19.2 Å². The van der Waals surface area contributed by atoms with Crippen molar-refractivity contribution in [3.63, 3.8) is 0 Å². The number of carbonyl (C=O) groups is 1. The zero-order valence-electron chi connectivity index (χ0n) is 13.7. The lowest BCUT2D eigenvalue weighted by molar-refractivity contribution is -0.384.